The normalized spacial score (nSPS) is 16.4. The average molecular weight is 1370 g/mol. The van der Waals surface area contributed by atoms with Crippen molar-refractivity contribution in [2.45, 2.75) is 133 Å². The van der Waals surface area contributed by atoms with Gasteiger partial charge in [0.05, 0.1) is 46.3 Å². The van der Waals surface area contributed by atoms with E-state index in [1.165, 1.54) is 18.7 Å². The summed E-state index contributed by atoms with van der Waals surface area (Å²) in [6, 6.07) is 16.2. The lowest BCUT2D eigenvalue weighted by Gasteiger charge is -2.35. The van der Waals surface area contributed by atoms with Crippen molar-refractivity contribution < 1.29 is 37.4 Å². The number of hydrogen-bond acceptors (Lipinski definition) is 24. The van der Waals surface area contributed by atoms with Crippen LogP contribution in [-0.2, 0) is 35.6 Å². The lowest BCUT2D eigenvalue weighted by Crippen LogP contribution is -2.47. The minimum atomic E-state index is -3.61. The highest BCUT2D eigenvalue weighted by Gasteiger charge is 2.30. The number of nitrogens with one attached hydrogen (secondary N) is 6. The van der Waals surface area contributed by atoms with Crippen LogP contribution in [0, 0.1) is 22.7 Å². The summed E-state index contributed by atoms with van der Waals surface area (Å²) in [5.41, 5.74) is 20.3. The molecule has 11 N–H and O–H groups in total. The van der Waals surface area contributed by atoms with Crippen molar-refractivity contribution in [3.63, 3.8) is 0 Å². The summed E-state index contributed by atoms with van der Waals surface area (Å²) >= 11 is 0. The molecule has 0 aromatic carbocycles. The SMILES string of the molecule is CC(C)(C)OC(=O)N1CCC[C@@H](Nc2c(-c3ccnc(S(C)(=O)=O)n3)cnc3c2ccn3COCC[Si](C)(C)C)C1.N#CCC(=O)N1CCC[C@@H](Nc2c(-c3ccnc(N)n3)cnc3[nH]ccc23)C1.N#CCC(=O)O.Nc1nccc(-c2cnc3[nH]ccc3c2N[C@@H]2CCCNC2)n1. The number of nitrogens with zero attached hydrogens (tertiary/aromatic N) is 14. The molecule has 30 nitrogen and oxygen atoms in total. The fourth-order valence-electron chi connectivity index (χ4n) is 11.3. The van der Waals surface area contributed by atoms with Gasteiger partial charge in [0, 0.05) is 160 Å². The van der Waals surface area contributed by atoms with E-state index in [4.69, 9.17) is 41.6 Å². The third kappa shape index (κ3) is 19.6. The maximum atomic E-state index is 12.8. The van der Waals surface area contributed by atoms with E-state index in [1.807, 2.05) is 80.5 Å². The Bertz CT molecular complexity index is 4450. The highest BCUT2D eigenvalue weighted by Crippen LogP contribution is 2.38. The van der Waals surface area contributed by atoms with Crippen LogP contribution in [-0.4, -0.2) is 185 Å². The van der Waals surface area contributed by atoms with E-state index >= 15 is 0 Å². The summed E-state index contributed by atoms with van der Waals surface area (Å²) in [5, 5.41) is 41.0. The summed E-state index contributed by atoms with van der Waals surface area (Å²) in [7, 11) is -4.82. The molecule has 12 rings (SSSR count). The Morgan fingerprint density at radius 3 is 1.72 bits per heavy atom. The van der Waals surface area contributed by atoms with Crippen molar-refractivity contribution in [2.24, 2.45) is 0 Å². The van der Waals surface area contributed by atoms with Crippen LogP contribution in [0.5, 0.6) is 0 Å². The number of carboxylic acids is 1. The maximum absolute atomic E-state index is 12.8. The van der Waals surface area contributed by atoms with Gasteiger partial charge < -0.3 is 71.6 Å². The number of H-pyrrole nitrogens is 2. The predicted octanol–water partition coefficient (Wildman–Crippen LogP) is 8.69. The van der Waals surface area contributed by atoms with Gasteiger partial charge in [-0.3, -0.25) is 9.59 Å². The number of amides is 2. The molecule has 0 saturated carbocycles. The Balaban J connectivity index is 0.000000171. The summed E-state index contributed by atoms with van der Waals surface area (Å²) in [6.07, 6.45) is 21.8. The van der Waals surface area contributed by atoms with Crippen molar-refractivity contribution in [1.82, 2.24) is 74.5 Å². The Hall–Kier alpha value is -10.4. The molecule has 12 heterocycles. The van der Waals surface area contributed by atoms with Crippen LogP contribution in [0.2, 0.25) is 25.7 Å². The van der Waals surface area contributed by atoms with Gasteiger partial charge in [-0.25, -0.2) is 58.1 Å². The molecule has 2 amide bonds. The van der Waals surface area contributed by atoms with Crippen molar-refractivity contribution in [1.29, 1.82) is 10.5 Å². The van der Waals surface area contributed by atoms with E-state index in [0.717, 1.165) is 124 Å². The third-order valence-electron chi connectivity index (χ3n) is 16.0. The molecule has 98 heavy (non-hydrogen) atoms. The van der Waals surface area contributed by atoms with Gasteiger partial charge in [-0.2, -0.15) is 10.5 Å². The van der Waals surface area contributed by atoms with Crippen LogP contribution < -0.4 is 32.7 Å². The molecule has 3 aliphatic heterocycles. The number of ether oxygens (including phenoxy) is 2. The number of aliphatic carboxylic acids is 1. The third-order valence-corrected chi connectivity index (χ3v) is 18.5. The number of nitriles is 2. The van der Waals surface area contributed by atoms with Crippen molar-refractivity contribution >= 4 is 97.9 Å². The molecule has 0 unspecified atom stereocenters. The molecule has 0 radical (unpaired) electrons. The van der Waals surface area contributed by atoms with Crippen molar-refractivity contribution in [3.8, 4) is 45.9 Å². The fourth-order valence-corrected chi connectivity index (χ4v) is 12.6. The molecule has 3 atom stereocenters. The molecular weight excluding hydrogens is 1290 g/mol. The number of likely N-dealkylation sites (tertiary alicyclic amines) is 2. The summed E-state index contributed by atoms with van der Waals surface area (Å²) in [5.74, 6) is -0.734. The number of hydrogen-bond donors (Lipinski definition) is 9. The number of nitrogen functional groups attached to an aromatic ring is 2. The highest BCUT2D eigenvalue weighted by atomic mass is 32.2. The number of carbonyl (C=O) groups excluding carboxylic acids is 2. The number of pyridine rings is 3. The van der Waals surface area contributed by atoms with Gasteiger partial charge in [-0.1, -0.05) is 19.6 Å². The molecule has 32 heteroatoms. The second-order valence-electron chi connectivity index (χ2n) is 26.1. The number of piperidine rings is 3. The Morgan fingerprint density at radius 2 is 1.21 bits per heavy atom. The van der Waals surface area contributed by atoms with Gasteiger partial charge >= 0.3 is 12.1 Å². The number of aromatic amines is 2. The Kier molecular flexibility index (Phi) is 23.9. The van der Waals surface area contributed by atoms with E-state index in [-0.39, 0.29) is 47.6 Å². The topological polar surface area (TPSA) is 431 Å². The molecule has 0 spiro atoms. The molecule has 0 aliphatic carbocycles. The zero-order valence-corrected chi connectivity index (χ0v) is 57.9. The van der Waals surface area contributed by atoms with Crippen LogP contribution in [0.1, 0.15) is 72.1 Å². The largest absolute Gasteiger partial charge is 0.480 e. The molecule has 9 aromatic rings. The van der Waals surface area contributed by atoms with Gasteiger partial charge in [-0.05, 0) is 108 Å². The first-order valence-corrected chi connectivity index (χ1v) is 37.8. The number of aromatic nitrogens is 12. The number of carbonyl (C=O) groups is 3. The van der Waals surface area contributed by atoms with Crippen LogP contribution in [0.15, 0.2) is 97.3 Å². The smallest absolute Gasteiger partial charge is 0.410 e. The second kappa shape index (κ2) is 32.6. The van der Waals surface area contributed by atoms with Gasteiger partial charge in [0.2, 0.25) is 32.8 Å². The van der Waals surface area contributed by atoms with E-state index in [1.54, 1.807) is 46.7 Å². The van der Waals surface area contributed by atoms with Gasteiger partial charge in [-0.15, -0.1) is 0 Å². The average Bonchev–Trinajstić information content (AvgIpc) is 1.54. The fraction of sp³-hybridized carbons (Fsp3) is 0.424. The standard InChI is InChI=1S/C28H42N6O5SSi.C19H20N8O.C16H19N7.C3H3NO2/c1-28(2,3)39-27(35)33-13-8-9-20(18-33)31-24-21-11-14-34(19-38-15-16-41(5,6)7)25(21)30-17-22(24)23-10-12-29-26(32-23)40(4,36)37;20-6-3-16(28)27-9-1-2-12(11-27)25-17-13-4-7-22-18(13)24-10-14(17)15-5-8-23-19(21)26-15;17-16-20-7-4-13(23-16)12-9-21-15-11(3-6-19-15)14(12)22-10-2-1-5-18-8-10;4-2-1-3(5)6/h10-12,14,17,20H,8-9,13,15-16,18-19H2,1-7H3,(H,30,31);4-5,7-8,10,12H,1-3,9,11H2,(H2,21,23,26)(H2,22,24,25);3-4,6-7,9-10,18H,1-2,5,8H2,(H2,17,20,23)(H2,19,21,22);1H2,(H,5,6)/t20-;12-;10-;/m111./s1. The van der Waals surface area contributed by atoms with E-state index in [0.29, 0.717) is 62.5 Å². The first-order chi connectivity index (χ1) is 46.8. The summed E-state index contributed by atoms with van der Waals surface area (Å²) in [6.45, 7) is 18.0. The number of sulfone groups is 1. The quantitative estimate of drug-likeness (QED) is 0.0234. The molecule has 3 saturated heterocycles. The number of anilines is 5. The van der Waals surface area contributed by atoms with Crippen LogP contribution in [0.4, 0.5) is 33.8 Å². The highest BCUT2D eigenvalue weighted by molar-refractivity contribution is 7.90. The molecule has 516 valence electrons. The van der Waals surface area contributed by atoms with Crippen molar-refractivity contribution in [3.05, 3.63) is 92.2 Å². The number of rotatable bonds is 17. The first-order valence-electron chi connectivity index (χ1n) is 32.3. The number of fused-ring (bicyclic) bond motifs is 3. The molecule has 3 aliphatic rings. The molecule has 3 fully saturated rings. The van der Waals surface area contributed by atoms with E-state index in [9.17, 15) is 22.8 Å². The lowest BCUT2D eigenvalue weighted by molar-refractivity contribution is -0.136. The molecule has 9 aromatic heterocycles. The number of carboxylic acid groups (broad SMARTS) is 1. The molecule has 0 bridgehead atoms. The summed E-state index contributed by atoms with van der Waals surface area (Å²) < 4.78 is 38.0. The van der Waals surface area contributed by atoms with Crippen LogP contribution >= 0.6 is 0 Å². The predicted molar refractivity (Wildman–Crippen MR) is 376 cm³/mol. The van der Waals surface area contributed by atoms with E-state index in [2.05, 4.69) is 90.7 Å². The van der Waals surface area contributed by atoms with Crippen molar-refractivity contribution in [2.75, 3.05) is 79.5 Å². The van der Waals surface area contributed by atoms with Crippen LogP contribution in [0.25, 0.3) is 66.9 Å². The van der Waals surface area contributed by atoms with Crippen LogP contribution in [0.3, 0.4) is 0 Å². The van der Waals surface area contributed by atoms with Gasteiger partial charge in [0.1, 0.15) is 42.1 Å². The zero-order valence-electron chi connectivity index (χ0n) is 56.0. The minimum absolute atomic E-state index is 0.0619. The first kappa shape index (κ1) is 71.9. The Labute approximate surface area is 568 Å². The monoisotopic (exact) mass is 1370 g/mol. The van der Waals surface area contributed by atoms with Gasteiger partial charge in [0.25, 0.3) is 0 Å². The zero-order chi connectivity index (χ0) is 70.2. The summed E-state index contributed by atoms with van der Waals surface area (Å²) in [4.78, 5) is 82.7. The minimum Gasteiger partial charge on any atom is -0.480 e. The lowest BCUT2D eigenvalue weighted by atomic mass is 10.0. The maximum Gasteiger partial charge on any atom is 0.410 e. The van der Waals surface area contributed by atoms with E-state index < -0.39 is 35.9 Å². The second-order valence-corrected chi connectivity index (χ2v) is 33.6. The van der Waals surface area contributed by atoms with Gasteiger partial charge in [0.15, 0.2) is 0 Å². The molecular formula is C66H84N22O8SSi. The Morgan fingerprint density at radius 1 is 0.694 bits per heavy atom. The number of nitrogens with two attached hydrogens (primary N) is 2.